The summed E-state index contributed by atoms with van der Waals surface area (Å²) in [4.78, 5) is 43.6. The maximum absolute atomic E-state index is 14.9. The van der Waals surface area contributed by atoms with Crippen molar-refractivity contribution in [3.63, 3.8) is 0 Å². The Balaban J connectivity index is 0.878. The number of nitrogens with zero attached hydrogens (tertiary/aromatic N) is 8. The van der Waals surface area contributed by atoms with Crippen LogP contribution in [0.25, 0.3) is 11.1 Å². The Kier molecular flexibility index (Phi) is 11.6. The highest BCUT2D eigenvalue weighted by Gasteiger charge is 2.50. The quantitative estimate of drug-likeness (QED) is 0.213. The lowest BCUT2D eigenvalue weighted by Gasteiger charge is -2.54. The largest absolute Gasteiger partial charge is 0.451 e. The van der Waals surface area contributed by atoms with Gasteiger partial charge in [-0.25, -0.2) is 14.4 Å². The van der Waals surface area contributed by atoms with E-state index in [2.05, 4.69) is 26.3 Å². The van der Waals surface area contributed by atoms with Crippen LogP contribution in [0.1, 0.15) is 70.2 Å². The molecule has 2 amide bonds. The molecule has 1 spiro atoms. The van der Waals surface area contributed by atoms with Crippen LogP contribution in [-0.4, -0.2) is 137 Å². The van der Waals surface area contributed by atoms with E-state index in [1.54, 1.807) is 26.9 Å². The number of fused-ring (bicyclic) bond motifs is 2. The Hall–Kier alpha value is -4.44. The first-order chi connectivity index (χ1) is 28.3. The fraction of sp³-hybridized carbons (Fsp3) is 0.545. The van der Waals surface area contributed by atoms with E-state index in [9.17, 15) is 22.4 Å². The van der Waals surface area contributed by atoms with Gasteiger partial charge in [0.15, 0.2) is 11.6 Å². The number of carbonyl (C=O) groups excluding carboxylic acids is 2. The number of rotatable bonds is 12. The summed E-state index contributed by atoms with van der Waals surface area (Å²) >= 11 is 0. The molecule has 15 heteroatoms. The van der Waals surface area contributed by atoms with Crippen molar-refractivity contribution in [3.05, 3.63) is 79.0 Å². The lowest BCUT2D eigenvalue weighted by atomic mass is 9.72. The Morgan fingerprint density at radius 2 is 1.63 bits per heavy atom. The van der Waals surface area contributed by atoms with E-state index in [1.165, 1.54) is 24.5 Å². The number of hydrogen-bond donors (Lipinski definition) is 0. The van der Waals surface area contributed by atoms with E-state index < -0.39 is 16.0 Å². The second-order valence-electron chi connectivity index (χ2n) is 17.7. The van der Waals surface area contributed by atoms with Crippen LogP contribution in [-0.2, 0) is 15.0 Å². The molecule has 5 aliphatic heterocycles. The molecule has 6 heterocycles. The second kappa shape index (κ2) is 16.5. The van der Waals surface area contributed by atoms with Gasteiger partial charge in [-0.3, -0.25) is 9.59 Å². The summed E-state index contributed by atoms with van der Waals surface area (Å²) < 4.78 is 52.2. The summed E-state index contributed by atoms with van der Waals surface area (Å²) in [5, 5.41) is 0. The van der Waals surface area contributed by atoms with Gasteiger partial charge in [-0.2, -0.15) is 17.0 Å². The van der Waals surface area contributed by atoms with E-state index in [0.29, 0.717) is 66.1 Å². The Labute approximate surface area is 348 Å². The molecule has 59 heavy (non-hydrogen) atoms. The third-order valence-corrected chi connectivity index (χ3v) is 15.1. The average Bonchev–Trinajstić information content (AvgIpc) is 3.78. The van der Waals surface area contributed by atoms with Crippen molar-refractivity contribution in [3.8, 4) is 22.6 Å². The van der Waals surface area contributed by atoms with Crippen molar-refractivity contribution in [2.75, 3.05) is 63.8 Å². The van der Waals surface area contributed by atoms with E-state index in [1.807, 2.05) is 55.7 Å². The topological polar surface area (TPSA) is 123 Å². The number of benzene rings is 2. The Bertz CT molecular complexity index is 2150. The van der Waals surface area contributed by atoms with Gasteiger partial charge < -0.3 is 24.3 Å². The minimum absolute atomic E-state index is 0.0233. The molecule has 316 valence electrons. The highest BCUT2D eigenvalue weighted by atomic mass is 32.2. The van der Waals surface area contributed by atoms with E-state index >= 15 is 0 Å². The highest BCUT2D eigenvalue weighted by molar-refractivity contribution is 7.86. The molecule has 3 atom stereocenters. The zero-order valence-electron chi connectivity index (χ0n) is 34.7. The van der Waals surface area contributed by atoms with Gasteiger partial charge in [0.1, 0.15) is 17.9 Å². The fourth-order valence-corrected chi connectivity index (χ4v) is 12.1. The maximum Gasteiger partial charge on any atom is 0.282 e. The Morgan fingerprint density at radius 3 is 2.31 bits per heavy atom. The number of halogens is 1. The third kappa shape index (κ3) is 8.10. The van der Waals surface area contributed by atoms with E-state index in [0.717, 1.165) is 64.8 Å². The van der Waals surface area contributed by atoms with Crippen LogP contribution in [0, 0.1) is 17.2 Å². The van der Waals surface area contributed by atoms with Crippen LogP contribution in [0.15, 0.2) is 67.6 Å². The Morgan fingerprint density at radius 1 is 0.932 bits per heavy atom. The van der Waals surface area contributed by atoms with Crippen LogP contribution in [0.2, 0.25) is 0 Å². The molecular weight excluding hydrogens is 772 g/mol. The summed E-state index contributed by atoms with van der Waals surface area (Å²) in [6, 6.07) is 11.4. The highest BCUT2D eigenvalue weighted by Crippen LogP contribution is 2.44. The SMILES string of the molecule is C=CC(=O)N1C2CCC1CN(S(=O)(=O)N1CCC3(CC1)CN(C[C@@H]1CCN(c4ncncc4Oc4ccc(F)cc4-c4ccccc4C(=O)N(C(C)C)C(C)C)C1)C3)C2. The molecule has 13 nitrogen and oxygen atoms in total. The first-order valence-corrected chi connectivity index (χ1v) is 22.5. The molecule has 5 fully saturated rings. The van der Waals surface area contributed by atoms with Gasteiger partial charge in [-0.1, -0.05) is 24.8 Å². The zero-order chi connectivity index (χ0) is 41.6. The molecule has 0 radical (unpaired) electrons. The van der Waals surface area contributed by atoms with Crippen molar-refractivity contribution in [2.45, 2.75) is 84.0 Å². The van der Waals surface area contributed by atoms with Gasteiger partial charge in [-0.15, -0.1) is 0 Å². The minimum atomic E-state index is -3.59. The van der Waals surface area contributed by atoms with Crippen molar-refractivity contribution < 1.29 is 27.1 Å². The lowest BCUT2D eigenvalue weighted by Crippen LogP contribution is -2.63. The first kappa shape index (κ1) is 41.3. The molecule has 8 rings (SSSR count). The molecule has 1 aromatic heterocycles. The van der Waals surface area contributed by atoms with E-state index in [4.69, 9.17) is 4.74 Å². The molecule has 2 bridgehead atoms. The number of aromatic nitrogens is 2. The normalized spacial score (nSPS) is 23.5. The zero-order valence-corrected chi connectivity index (χ0v) is 35.5. The van der Waals surface area contributed by atoms with Gasteiger partial charge >= 0.3 is 0 Å². The van der Waals surface area contributed by atoms with Crippen molar-refractivity contribution in [1.29, 1.82) is 0 Å². The average molecular weight is 829 g/mol. The van der Waals surface area contributed by atoms with E-state index in [-0.39, 0.29) is 41.4 Å². The van der Waals surface area contributed by atoms with Crippen molar-refractivity contribution in [1.82, 2.24) is 33.3 Å². The first-order valence-electron chi connectivity index (χ1n) is 21.1. The van der Waals surface area contributed by atoms with Gasteiger partial charge in [0.05, 0.1) is 6.20 Å². The number of piperidine rings is 1. The second-order valence-corrected chi connectivity index (χ2v) is 19.7. The number of carbonyl (C=O) groups is 2. The molecule has 2 unspecified atom stereocenters. The lowest BCUT2D eigenvalue weighted by molar-refractivity contribution is -0.130. The number of piperazine rings is 1. The molecule has 0 saturated carbocycles. The summed E-state index contributed by atoms with van der Waals surface area (Å²) in [7, 11) is -3.59. The van der Waals surface area contributed by atoms with Crippen LogP contribution in [0.3, 0.4) is 0 Å². The predicted molar refractivity (Wildman–Crippen MR) is 225 cm³/mol. The van der Waals surface area contributed by atoms with Gasteiger partial charge in [0.2, 0.25) is 5.91 Å². The standard InChI is InChI=1S/C44H57FN8O5S/c1-6-41(54)53-34-12-13-35(53)26-51(25-34)59(56,57)50-19-16-44(17-20-50)27-48(28-44)23-32-15-18-49(24-32)42-40(22-46-29-47-42)58-39-14-11-33(45)21-38(39)36-9-7-8-10-37(36)43(55)52(30(2)3)31(4)5/h6-11,14,21-22,29-32,34-35H,1,12-13,15-20,23-28H2,2-5H3/t32-,34?,35?/m0/s1. The fourth-order valence-electron chi connectivity index (χ4n) is 10.4. The number of likely N-dealkylation sites (tertiary alicyclic amines) is 1. The number of ether oxygens (including phenoxy) is 1. The molecule has 0 N–H and O–H groups in total. The summed E-state index contributed by atoms with van der Waals surface area (Å²) in [6.07, 6.45) is 8.83. The maximum atomic E-state index is 14.9. The predicted octanol–water partition coefficient (Wildman–Crippen LogP) is 5.66. The number of hydrogen-bond acceptors (Lipinski definition) is 9. The van der Waals surface area contributed by atoms with Crippen molar-refractivity contribution >= 4 is 27.8 Å². The van der Waals surface area contributed by atoms with Crippen LogP contribution in [0.5, 0.6) is 11.5 Å². The molecule has 3 aromatic rings. The van der Waals surface area contributed by atoms with Crippen LogP contribution >= 0.6 is 0 Å². The third-order valence-electron chi connectivity index (χ3n) is 13.1. The number of amides is 2. The summed E-state index contributed by atoms with van der Waals surface area (Å²) in [6.45, 7) is 17.8. The molecule has 0 aliphatic carbocycles. The van der Waals surface area contributed by atoms with Crippen LogP contribution in [0.4, 0.5) is 10.2 Å². The molecular formula is C44H57FN8O5S. The molecule has 5 saturated heterocycles. The summed E-state index contributed by atoms with van der Waals surface area (Å²) in [5.41, 5.74) is 1.67. The van der Waals surface area contributed by atoms with Crippen LogP contribution < -0.4 is 9.64 Å². The smallest absolute Gasteiger partial charge is 0.282 e. The van der Waals surface area contributed by atoms with Crippen molar-refractivity contribution in [2.24, 2.45) is 11.3 Å². The minimum Gasteiger partial charge on any atom is -0.451 e. The number of anilines is 1. The summed E-state index contributed by atoms with van der Waals surface area (Å²) in [5.74, 6) is 1.28. The monoisotopic (exact) mass is 828 g/mol. The molecule has 2 aromatic carbocycles. The van der Waals surface area contributed by atoms with Gasteiger partial charge in [0.25, 0.3) is 16.1 Å². The molecule has 5 aliphatic rings. The van der Waals surface area contributed by atoms with Gasteiger partial charge in [0, 0.05) is 94.2 Å². The van der Waals surface area contributed by atoms with Gasteiger partial charge in [-0.05, 0) is 107 Å².